The quantitative estimate of drug-likeness (QED) is 0.694. The molecule has 3 N–H and O–H groups in total. The van der Waals surface area contributed by atoms with Crippen LogP contribution in [0.25, 0.3) is 0 Å². The fraction of sp³-hybridized carbons (Fsp3) is 0.375. The molecule has 1 aromatic rings. The van der Waals surface area contributed by atoms with Crippen LogP contribution in [0.3, 0.4) is 0 Å². The summed E-state index contributed by atoms with van der Waals surface area (Å²) in [6, 6.07) is -0.511. The summed E-state index contributed by atoms with van der Waals surface area (Å²) in [5.41, 5.74) is 0.767. The molecule has 0 aromatic carbocycles. The molecule has 2 amide bonds. The molecule has 7 heteroatoms. The zero-order valence-corrected chi connectivity index (χ0v) is 8.93. The highest BCUT2D eigenvalue weighted by molar-refractivity contribution is 7.09. The number of hydrogen-bond acceptors (Lipinski definition) is 4. The summed E-state index contributed by atoms with van der Waals surface area (Å²) in [6.45, 7) is 1.79. The third-order valence-electron chi connectivity index (χ3n) is 1.50. The molecule has 0 unspecified atom stereocenters. The van der Waals surface area contributed by atoms with Crippen LogP contribution in [-0.2, 0) is 11.3 Å². The number of nitrogens with zero attached hydrogens (tertiary/aromatic N) is 1. The van der Waals surface area contributed by atoms with Crippen molar-refractivity contribution in [2.45, 2.75) is 13.5 Å². The summed E-state index contributed by atoms with van der Waals surface area (Å²) in [5, 5.41) is 15.7. The number of aliphatic carboxylic acids is 1. The molecule has 82 valence electrons. The molecule has 0 radical (unpaired) electrons. The van der Waals surface area contributed by atoms with Crippen LogP contribution in [0.2, 0.25) is 0 Å². The monoisotopic (exact) mass is 229 g/mol. The number of amides is 2. The van der Waals surface area contributed by atoms with Crippen molar-refractivity contribution in [1.29, 1.82) is 0 Å². The van der Waals surface area contributed by atoms with Crippen molar-refractivity contribution in [3.8, 4) is 0 Å². The predicted octanol–water partition coefficient (Wildman–Crippen LogP) is 0.335. The molecule has 1 rings (SSSR count). The second-order valence-electron chi connectivity index (χ2n) is 2.79. The Hall–Kier alpha value is -1.63. The minimum atomic E-state index is -1.07. The van der Waals surface area contributed by atoms with Gasteiger partial charge in [-0.2, -0.15) is 0 Å². The molecule has 6 nitrogen and oxygen atoms in total. The van der Waals surface area contributed by atoms with Gasteiger partial charge in [-0.05, 0) is 6.92 Å². The van der Waals surface area contributed by atoms with Crippen molar-refractivity contribution < 1.29 is 14.7 Å². The first kappa shape index (κ1) is 11.4. The standard InChI is InChI=1S/C8H11N3O3S/c1-5-11-6(4-15-5)2-9-8(14)10-3-7(12)13/h4H,2-3H2,1H3,(H,12,13)(H2,9,10,14). The van der Waals surface area contributed by atoms with Gasteiger partial charge in [0.05, 0.1) is 17.2 Å². The molecule has 1 aromatic heterocycles. The molecule has 0 bridgehead atoms. The first-order valence-corrected chi connectivity index (χ1v) is 5.10. The molecule has 0 spiro atoms. The predicted molar refractivity (Wildman–Crippen MR) is 54.7 cm³/mol. The highest BCUT2D eigenvalue weighted by atomic mass is 32.1. The molecule has 0 aliphatic heterocycles. The fourth-order valence-corrected chi connectivity index (χ4v) is 1.49. The van der Waals surface area contributed by atoms with Gasteiger partial charge in [-0.25, -0.2) is 9.78 Å². The molecule has 0 atom stereocenters. The van der Waals surface area contributed by atoms with Gasteiger partial charge in [-0.3, -0.25) is 4.79 Å². The van der Waals surface area contributed by atoms with Crippen molar-refractivity contribution in [2.75, 3.05) is 6.54 Å². The minimum absolute atomic E-state index is 0.301. The van der Waals surface area contributed by atoms with Gasteiger partial charge in [0, 0.05) is 5.38 Å². The van der Waals surface area contributed by atoms with Crippen molar-refractivity contribution in [3.05, 3.63) is 16.1 Å². The van der Waals surface area contributed by atoms with E-state index in [0.717, 1.165) is 10.7 Å². The summed E-state index contributed by atoms with van der Waals surface area (Å²) < 4.78 is 0. The van der Waals surface area contributed by atoms with Crippen molar-refractivity contribution in [1.82, 2.24) is 15.6 Å². The van der Waals surface area contributed by atoms with Gasteiger partial charge < -0.3 is 15.7 Å². The fourth-order valence-electron chi connectivity index (χ4n) is 0.879. The Labute approximate surface area is 90.3 Å². The molecule has 0 aliphatic carbocycles. The number of hydrogen-bond donors (Lipinski definition) is 3. The zero-order valence-electron chi connectivity index (χ0n) is 8.11. The number of carbonyl (C=O) groups excluding carboxylic acids is 1. The lowest BCUT2D eigenvalue weighted by atomic mass is 10.5. The van der Waals surface area contributed by atoms with Crippen LogP contribution in [0, 0.1) is 6.92 Å². The van der Waals surface area contributed by atoms with E-state index in [1.165, 1.54) is 11.3 Å². The maximum absolute atomic E-state index is 11.0. The zero-order chi connectivity index (χ0) is 11.3. The summed E-state index contributed by atoms with van der Waals surface area (Å²) in [5.74, 6) is -1.07. The number of thiazole rings is 1. The van der Waals surface area contributed by atoms with Crippen LogP contribution in [0.1, 0.15) is 10.7 Å². The topological polar surface area (TPSA) is 91.3 Å². The SMILES string of the molecule is Cc1nc(CNC(=O)NCC(=O)O)cs1. The second-order valence-corrected chi connectivity index (χ2v) is 3.85. The first-order chi connectivity index (χ1) is 7.08. The molecule has 1 heterocycles. The third kappa shape index (κ3) is 4.41. The van der Waals surface area contributed by atoms with Crippen molar-refractivity contribution in [2.24, 2.45) is 0 Å². The van der Waals surface area contributed by atoms with E-state index in [1.807, 2.05) is 12.3 Å². The number of aryl methyl sites for hydroxylation is 1. The van der Waals surface area contributed by atoms with Crippen LogP contribution in [0.4, 0.5) is 4.79 Å². The lowest BCUT2D eigenvalue weighted by Gasteiger charge is -2.03. The Morgan fingerprint density at radius 2 is 2.27 bits per heavy atom. The summed E-state index contributed by atoms with van der Waals surface area (Å²) in [7, 11) is 0. The highest BCUT2D eigenvalue weighted by Crippen LogP contribution is 2.06. The van der Waals surface area contributed by atoms with Crippen LogP contribution in [0.5, 0.6) is 0 Å². The summed E-state index contributed by atoms with van der Waals surface area (Å²) >= 11 is 1.50. The van der Waals surface area contributed by atoms with E-state index in [1.54, 1.807) is 0 Å². The Morgan fingerprint density at radius 3 is 2.80 bits per heavy atom. The molecule has 0 saturated heterocycles. The molecule has 15 heavy (non-hydrogen) atoms. The maximum Gasteiger partial charge on any atom is 0.323 e. The minimum Gasteiger partial charge on any atom is -0.480 e. The number of carboxylic acids is 1. The number of carboxylic acid groups (broad SMARTS) is 1. The van der Waals surface area contributed by atoms with Gasteiger partial charge in [0.15, 0.2) is 0 Å². The number of aromatic nitrogens is 1. The number of nitrogens with one attached hydrogen (secondary N) is 2. The van der Waals surface area contributed by atoms with Gasteiger partial charge >= 0.3 is 12.0 Å². The van der Waals surface area contributed by atoms with Crippen molar-refractivity contribution in [3.63, 3.8) is 0 Å². The maximum atomic E-state index is 11.0. The van der Waals surface area contributed by atoms with E-state index in [9.17, 15) is 9.59 Å². The van der Waals surface area contributed by atoms with E-state index in [-0.39, 0.29) is 6.54 Å². The van der Waals surface area contributed by atoms with Crippen LogP contribution >= 0.6 is 11.3 Å². The molecule has 0 fully saturated rings. The Morgan fingerprint density at radius 1 is 1.53 bits per heavy atom. The highest BCUT2D eigenvalue weighted by Gasteiger charge is 2.04. The summed E-state index contributed by atoms with van der Waals surface area (Å²) in [4.78, 5) is 25.3. The Balaban J connectivity index is 2.25. The lowest BCUT2D eigenvalue weighted by molar-refractivity contribution is -0.135. The number of urea groups is 1. The lowest BCUT2D eigenvalue weighted by Crippen LogP contribution is -2.38. The number of carbonyl (C=O) groups is 2. The van der Waals surface area contributed by atoms with Gasteiger partial charge in [0.2, 0.25) is 0 Å². The second kappa shape index (κ2) is 5.30. The van der Waals surface area contributed by atoms with Gasteiger partial charge in [-0.1, -0.05) is 0 Å². The van der Waals surface area contributed by atoms with E-state index in [0.29, 0.717) is 6.54 Å². The molecule has 0 saturated carbocycles. The summed E-state index contributed by atoms with van der Waals surface area (Å²) in [6.07, 6.45) is 0. The van der Waals surface area contributed by atoms with Crippen LogP contribution in [0.15, 0.2) is 5.38 Å². The van der Waals surface area contributed by atoms with Gasteiger partial charge in [0.25, 0.3) is 0 Å². The number of rotatable bonds is 4. The molecule has 0 aliphatic rings. The molecular formula is C8H11N3O3S. The third-order valence-corrected chi connectivity index (χ3v) is 2.32. The van der Waals surface area contributed by atoms with Crippen LogP contribution < -0.4 is 10.6 Å². The van der Waals surface area contributed by atoms with Crippen molar-refractivity contribution >= 4 is 23.3 Å². The van der Waals surface area contributed by atoms with Crippen LogP contribution in [-0.4, -0.2) is 28.6 Å². The largest absolute Gasteiger partial charge is 0.480 e. The van der Waals surface area contributed by atoms with E-state index in [4.69, 9.17) is 5.11 Å². The van der Waals surface area contributed by atoms with Gasteiger partial charge in [0.1, 0.15) is 6.54 Å². The average molecular weight is 229 g/mol. The smallest absolute Gasteiger partial charge is 0.323 e. The van der Waals surface area contributed by atoms with E-state index < -0.39 is 12.0 Å². The first-order valence-electron chi connectivity index (χ1n) is 4.22. The average Bonchev–Trinajstić information content (AvgIpc) is 2.58. The van der Waals surface area contributed by atoms with Gasteiger partial charge in [-0.15, -0.1) is 11.3 Å². The normalized spacial score (nSPS) is 9.67. The molecular weight excluding hydrogens is 218 g/mol. The Bertz CT molecular complexity index is 364. The van der Waals surface area contributed by atoms with E-state index in [2.05, 4.69) is 15.6 Å². The van der Waals surface area contributed by atoms with E-state index >= 15 is 0 Å². The Kier molecular flexibility index (Phi) is 4.04.